The van der Waals surface area contributed by atoms with E-state index in [1.807, 2.05) is 6.07 Å². The summed E-state index contributed by atoms with van der Waals surface area (Å²) in [4.78, 5) is 13.7. The first-order chi connectivity index (χ1) is 16.3. The second kappa shape index (κ2) is 8.80. The highest BCUT2D eigenvalue weighted by Gasteiger charge is 2.26. The molecule has 0 bridgehead atoms. The number of nitrogens with one attached hydrogen (secondary N) is 2. The largest absolute Gasteiger partial charge is 0.380 e. The van der Waals surface area contributed by atoms with Crippen LogP contribution in [0.15, 0.2) is 36.4 Å². The Labute approximate surface area is 194 Å². The molecule has 0 saturated carbocycles. The number of aromatic amines is 2. The van der Waals surface area contributed by atoms with Gasteiger partial charge in [-0.05, 0) is 57.0 Å². The first kappa shape index (κ1) is 20.7. The number of ether oxygens (including phenoxy) is 1. The minimum absolute atomic E-state index is 0.541. The van der Waals surface area contributed by atoms with E-state index in [1.54, 1.807) is 7.11 Å². The summed E-state index contributed by atoms with van der Waals surface area (Å²) in [6.45, 7) is 5.38. The van der Waals surface area contributed by atoms with Crippen LogP contribution >= 0.6 is 0 Å². The molecule has 7 heteroatoms. The van der Waals surface area contributed by atoms with Gasteiger partial charge in [0.2, 0.25) is 0 Å². The Balaban J connectivity index is 1.23. The topological polar surface area (TPSA) is 73.1 Å². The molecule has 2 aromatic heterocycles. The number of H-pyrrole nitrogens is 2. The van der Waals surface area contributed by atoms with Crippen molar-refractivity contribution < 1.29 is 4.74 Å². The zero-order valence-electron chi connectivity index (χ0n) is 19.3. The van der Waals surface area contributed by atoms with Gasteiger partial charge in [0.15, 0.2) is 5.82 Å². The van der Waals surface area contributed by atoms with Crippen LogP contribution in [0.3, 0.4) is 0 Å². The molecule has 7 nitrogen and oxygen atoms in total. The molecule has 2 saturated heterocycles. The number of fused-ring (bicyclic) bond motifs is 2. The lowest BCUT2D eigenvalue weighted by Gasteiger charge is -2.41. The summed E-state index contributed by atoms with van der Waals surface area (Å²) in [5, 5.41) is 8.79. The van der Waals surface area contributed by atoms with Gasteiger partial charge in [-0.2, -0.15) is 5.10 Å². The summed E-state index contributed by atoms with van der Waals surface area (Å²) in [5.41, 5.74) is 6.26. The molecule has 4 heterocycles. The van der Waals surface area contributed by atoms with Gasteiger partial charge in [-0.3, -0.25) is 5.10 Å². The highest BCUT2D eigenvalue weighted by Crippen LogP contribution is 2.31. The average Bonchev–Trinajstić information content (AvgIpc) is 3.49. The fraction of sp³-hybridized carbons (Fsp3) is 0.462. The first-order valence-corrected chi connectivity index (χ1v) is 12.2. The van der Waals surface area contributed by atoms with Gasteiger partial charge in [-0.15, -0.1) is 0 Å². The van der Waals surface area contributed by atoms with Crippen molar-refractivity contribution in [3.8, 4) is 11.5 Å². The maximum Gasteiger partial charge on any atom is 0.157 e. The highest BCUT2D eigenvalue weighted by molar-refractivity contribution is 5.95. The number of benzene rings is 2. The Hall–Kier alpha value is -2.90. The summed E-state index contributed by atoms with van der Waals surface area (Å²) in [5.74, 6) is 0.822. The van der Waals surface area contributed by atoms with Crippen LogP contribution in [0.1, 0.15) is 37.7 Å². The van der Waals surface area contributed by atoms with Gasteiger partial charge < -0.3 is 19.5 Å². The number of para-hydroxylation sites is 1. The zero-order valence-corrected chi connectivity index (χ0v) is 19.3. The van der Waals surface area contributed by atoms with E-state index in [0.717, 1.165) is 58.1 Å². The molecule has 2 fully saturated rings. The molecule has 2 aliphatic heterocycles. The lowest BCUT2D eigenvalue weighted by atomic mass is 9.99. The van der Waals surface area contributed by atoms with Gasteiger partial charge in [0.1, 0.15) is 5.69 Å². The molecular weight excluding hydrogens is 412 g/mol. The van der Waals surface area contributed by atoms with E-state index >= 15 is 0 Å². The van der Waals surface area contributed by atoms with Crippen LogP contribution in [0.4, 0.5) is 5.69 Å². The first-order valence-electron chi connectivity index (χ1n) is 12.2. The van der Waals surface area contributed by atoms with Crippen LogP contribution in [0.5, 0.6) is 0 Å². The molecule has 0 unspecified atom stereocenters. The zero-order chi connectivity index (χ0) is 22.2. The molecule has 2 aliphatic rings. The van der Waals surface area contributed by atoms with E-state index in [0.29, 0.717) is 6.61 Å². The van der Waals surface area contributed by atoms with Gasteiger partial charge in [-0.25, -0.2) is 4.98 Å². The minimum Gasteiger partial charge on any atom is -0.380 e. The molecule has 0 amide bonds. The number of anilines is 1. The molecule has 4 aromatic rings. The minimum atomic E-state index is 0.541. The van der Waals surface area contributed by atoms with E-state index < -0.39 is 0 Å². The fourth-order valence-corrected chi connectivity index (χ4v) is 5.64. The Morgan fingerprint density at radius 1 is 1.03 bits per heavy atom. The van der Waals surface area contributed by atoms with Crippen LogP contribution in [-0.4, -0.2) is 64.4 Å². The van der Waals surface area contributed by atoms with Gasteiger partial charge in [-0.1, -0.05) is 24.6 Å². The Morgan fingerprint density at radius 3 is 2.70 bits per heavy atom. The third-order valence-electron chi connectivity index (χ3n) is 7.41. The molecule has 6 rings (SSSR count). The third kappa shape index (κ3) is 3.89. The number of imidazole rings is 1. The molecule has 0 radical (unpaired) electrons. The summed E-state index contributed by atoms with van der Waals surface area (Å²) in [6, 6.07) is 13.5. The van der Waals surface area contributed by atoms with Gasteiger partial charge >= 0.3 is 0 Å². The summed E-state index contributed by atoms with van der Waals surface area (Å²) < 4.78 is 5.33. The summed E-state index contributed by atoms with van der Waals surface area (Å²) in [6.07, 6.45) is 6.67. The Kier molecular flexibility index (Phi) is 5.52. The number of methoxy groups -OCH3 is 1. The van der Waals surface area contributed by atoms with Crippen molar-refractivity contribution in [2.75, 3.05) is 38.2 Å². The lowest BCUT2D eigenvalue weighted by Crippen LogP contribution is -2.46. The van der Waals surface area contributed by atoms with Gasteiger partial charge in [0.25, 0.3) is 0 Å². The second-order valence-electron chi connectivity index (χ2n) is 9.45. The van der Waals surface area contributed by atoms with Crippen LogP contribution < -0.4 is 4.90 Å². The predicted octanol–water partition coefficient (Wildman–Crippen LogP) is 4.71. The molecule has 172 valence electrons. The quantitative estimate of drug-likeness (QED) is 0.467. The van der Waals surface area contributed by atoms with Crippen LogP contribution in [0, 0.1) is 0 Å². The van der Waals surface area contributed by atoms with Crippen molar-refractivity contribution in [1.29, 1.82) is 0 Å². The Bertz CT molecular complexity index is 1250. The molecular formula is C26H32N6O. The standard InChI is InChI=1S/C26H32N6O/c1-33-17-18-6-5-7-21-24(18)29-30-25(21)26-27-22-9-8-20(16-23(22)28-26)32-14-10-19(11-15-32)31-12-3-2-4-13-31/h5-9,16,19H,2-4,10-15,17H2,1H3,(H,27,28)(H,29,30). The van der Waals surface area contributed by atoms with E-state index in [9.17, 15) is 0 Å². The lowest BCUT2D eigenvalue weighted by molar-refractivity contribution is 0.141. The maximum atomic E-state index is 5.33. The maximum absolute atomic E-state index is 5.33. The fourth-order valence-electron chi connectivity index (χ4n) is 5.64. The van der Waals surface area contributed by atoms with E-state index in [-0.39, 0.29) is 0 Å². The monoisotopic (exact) mass is 444 g/mol. The highest BCUT2D eigenvalue weighted by atomic mass is 16.5. The van der Waals surface area contributed by atoms with Crippen molar-refractivity contribution in [2.45, 2.75) is 44.8 Å². The summed E-state index contributed by atoms with van der Waals surface area (Å²) >= 11 is 0. The molecule has 2 aromatic carbocycles. The molecule has 2 N–H and O–H groups in total. The van der Waals surface area contributed by atoms with Gasteiger partial charge in [0, 0.05) is 42.9 Å². The molecule has 0 spiro atoms. The van der Waals surface area contributed by atoms with E-state index in [1.165, 1.54) is 50.9 Å². The SMILES string of the molecule is COCc1cccc2c(-c3nc4ccc(N5CCC(N6CCCCC6)CC5)cc4[nH]3)[nH]nc12. The number of rotatable bonds is 5. The number of likely N-dealkylation sites (tertiary alicyclic amines) is 1. The summed E-state index contributed by atoms with van der Waals surface area (Å²) in [7, 11) is 1.71. The van der Waals surface area contributed by atoms with Crippen LogP contribution in [0.25, 0.3) is 33.5 Å². The van der Waals surface area contributed by atoms with Crippen molar-refractivity contribution >= 4 is 27.6 Å². The molecule has 0 atom stereocenters. The van der Waals surface area contributed by atoms with Crippen molar-refractivity contribution in [3.63, 3.8) is 0 Å². The van der Waals surface area contributed by atoms with Crippen molar-refractivity contribution in [2.24, 2.45) is 0 Å². The van der Waals surface area contributed by atoms with Crippen molar-refractivity contribution in [3.05, 3.63) is 42.0 Å². The van der Waals surface area contributed by atoms with E-state index in [2.05, 4.69) is 55.3 Å². The molecule has 33 heavy (non-hydrogen) atoms. The number of nitrogens with zero attached hydrogens (tertiary/aromatic N) is 4. The number of piperidine rings is 2. The van der Waals surface area contributed by atoms with Crippen LogP contribution in [0.2, 0.25) is 0 Å². The smallest absolute Gasteiger partial charge is 0.157 e. The Morgan fingerprint density at radius 2 is 1.88 bits per heavy atom. The van der Waals surface area contributed by atoms with E-state index in [4.69, 9.17) is 9.72 Å². The number of hydrogen-bond acceptors (Lipinski definition) is 5. The predicted molar refractivity (Wildman–Crippen MR) is 133 cm³/mol. The number of aromatic nitrogens is 4. The average molecular weight is 445 g/mol. The van der Waals surface area contributed by atoms with Crippen molar-refractivity contribution in [1.82, 2.24) is 25.1 Å². The van der Waals surface area contributed by atoms with Gasteiger partial charge in [0.05, 0.1) is 23.2 Å². The third-order valence-corrected chi connectivity index (χ3v) is 7.41. The number of hydrogen-bond donors (Lipinski definition) is 2. The molecule has 0 aliphatic carbocycles. The normalized spacial score (nSPS) is 18.5. The van der Waals surface area contributed by atoms with Crippen LogP contribution in [-0.2, 0) is 11.3 Å². The second-order valence-corrected chi connectivity index (χ2v) is 9.45.